The Hall–Kier alpha value is -2.14. The fourth-order valence-electron chi connectivity index (χ4n) is 1.65. The maximum Gasteiger partial charge on any atom is 0.345 e. The summed E-state index contributed by atoms with van der Waals surface area (Å²) in [5, 5.41) is 0. The van der Waals surface area contributed by atoms with Crippen molar-refractivity contribution in [2.24, 2.45) is 5.73 Å². The fraction of sp³-hybridized carbons (Fsp3) is 0.231. The molecule has 0 amide bonds. The first-order chi connectivity index (χ1) is 8.69. The van der Waals surface area contributed by atoms with Gasteiger partial charge in [-0.05, 0) is 25.1 Å². The van der Waals surface area contributed by atoms with Crippen molar-refractivity contribution in [1.82, 2.24) is 9.97 Å². The first-order valence-electron chi connectivity index (χ1n) is 5.70. The van der Waals surface area contributed by atoms with Crippen molar-refractivity contribution in [1.29, 1.82) is 0 Å². The highest BCUT2D eigenvalue weighted by atomic mass is 16.5. The van der Waals surface area contributed by atoms with Crippen LogP contribution in [0, 0.1) is 6.92 Å². The molecule has 0 aliphatic rings. The summed E-state index contributed by atoms with van der Waals surface area (Å²) in [6, 6.07) is 9.26. The molecule has 1 aromatic carbocycles. The van der Waals surface area contributed by atoms with Crippen molar-refractivity contribution in [2.45, 2.75) is 6.92 Å². The number of hydrogen-bond acceptors (Lipinski definition) is 4. The Kier molecular flexibility index (Phi) is 3.74. The number of aryl methyl sites for hydroxylation is 1. The zero-order chi connectivity index (χ0) is 13.0. The maximum atomic E-state index is 11.3. The van der Waals surface area contributed by atoms with Crippen LogP contribution in [0.2, 0.25) is 0 Å². The number of rotatable bonds is 4. The van der Waals surface area contributed by atoms with Gasteiger partial charge in [-0.1, -0.05) is 12.1 Å². The van der Waals surface area contributed by atoms with Gasteiger partial charge in [0.05, 0.1) is 5.69 Å². The van der Waals surface area contributed by atoms with Crippen molar-refractivity contribution in [3.05, 3.63) is 46.5 Å². The normalized spacial score (nSPS) is 10.3. The van der Waals surface area contributed by atoms with Crippen LogP contribution in [0.1, 0.15) is 5.69 Å². The van der Waals surface area contributed by atoms with E-state index in [0.717, 1.165) is 17.0 Å². The van der Waals surface area contributed by atoms with E-state index in [1.54, 1.807) is 0 Å². The summed E-state index contributed by atoms with van der Waals surface area (Å²) in [6.07, 6.45) is 0. The van der Waals surface area contributed by atoms with E-state index in [1.807, 2.05) is 37.3 Å². The summed E-state index contributed by atoms with van der Waals surface area (Å²) >= 11 is 0. The van der Waals surface area contributed by atoms with Crippen LogP contribution in [0.4, 0.5) is 0 Å². The van der Waals surface area contributed by atoms with E-state index in [2.05, 4.69) is 9.97 Å². The second-order valence-electron chi connectivity index (χ2n) is 3.92. The molecule has 3 N–H and O–H groups in total. The third kappa shape index (κ3) is 2.95. The number of benzene rings is 1. The number of nitrogens with zero attached hydrogens (tertiary/aromatic N) is 1. The molecule has 0 saturated carbocycles. The van der Waals surface area contributed by atoms with Crippen molar-refractivity contribution in [3.63, 3.8) is 0 Å². The monoisotopic (exact) mass is 245 g/mol. The Labute approximate surface area is 105 Å². The Morgan fingerprint density at radius 1 is 1.39 bits per heavy atom. The van der Waals surface area contributed by atoms with Gasteiger partial charge in [-0.25, -0.2) is 4.79 Å². The molecule has 0 saturated heterocycles. The third-order valence-corrected chi connectivity index (χ3v) is 2.40. The van der Waals surface area contributed by atoms with Gasteiger partial charge in [0.1, 0.15) is 12.4 Å². The van der Waals surface area contributed by atoms with Gasteiger partial charge in [-0.3, -0.25) is 0 Å². The van der Waals surface area contributed by atoms with Crippen LogP contribution < -0.4 is 16.2 Å². The van der Waals surface area contributed by atoms with E-state index in [-0.39, 0.29) is 5.69 Å². The van der Waals surface area contributed by atoms with Crippen molar-refractivity contribution < 1.29 is 4.74 Å². The second kappa shape index (κ2) is 5.46. The lowest BCUT2D eigenvalue weighted by molar-refractivity contribution is 0.328. The molecule has 0 spiro atoms. The van der Waals surface area contributed by atoms with Crippen LogP contribution >= 0.6 is 0 Å². The minimum Gasteiger partial charge on any atom is -0.492 e. The molecule has 0 atom stereocenters. The lowest BCUT2D eigenvalue weighted by atomic mass is 10.1. The lowest BCUT2D eigenvalue weighted by Crippen LogP contribution is -2.12. The lowest BCUT2D eigenvalue weighted by Gasteiger charge is -2.06. The van der Waals surface area contributed by atoms with Gasteiger partial charge in [0.2, 0.25) is 0 Å². The average molecular weight is 245 g/mol. The van der Waals surface area contributed by atoms with Gasteiger partial charge in [0, 0.05) is 17.8 Å². The van der Waals surface area contributed by atoms with Crippen LogP contribution in [-0.2, 0) is 0 Å². The highest BCUT2D eigenvalue weighted by Gasteiger charge is 2.03. The van der Waals surface area contributed by atoms with E-state index in [1.165, 1.54) is 0 Å². The SMILES string of the molecule is Cc1cc(-c2cccc(OCCN)c2)nc(=O)[nH]1. The molecule has 5 heteroatoms. The van der Waals surface area contributed by atoms with E-state index >= 15 is 0 Å². The van der Waals surface area contributed by atoms with E-state index in [9.17, 15) is 4.79 Å². The minimum atomic E-state index is -0.349. The van der Waals surface area contributed by atoms with Crippen LogP contribution in [-0.4, -0.2) is 23.1 Å². The summed E-state index contributed by atoms with van der Waals surface area (Å²) in [5.41, 5.74) is 7.29. The molecule has 0 unspecified atom stereocenters. The summed E-state index contributed by atoms with van der Waals surface area (Å²) < 4.78 is 5.44. The molecule has 0 aliphatic carbocycles. The molecule has 94 valence electrons. The number of nitrogens with two attached hydrogens (primary N) is 1. The van der Waals surface area contributed by atoms with Gasteiger partial charge >= 0.3 is 5.69 Å². The number of ether oxygens (including phenoxy) is 1. The van der Waals surface area contributed by atoms with E-state index < -0.39 is 0 Å². The molecule has 0 radical (unpaired) electrons. The average Bonchev–Trinajstić information content (AvgIpc) is 2.35. The third-order valence-electron chi connectivity index (χ3n) is 2.40. The smallest absolute Gasteiger partial charge is 0.345 e. The molecule has 1 aromatic heterocycles. The molecule has 0 bridgehead atoms. The predicted octanol–water partition coefficient (Wildman–Crippen LogP) is 1.08. The fourth-order valence-corrected chi connectivity index (χ4v) is 1.65. The zero-order valence-electron chi connectivity index (χ0n) is 10.1. The molecule has 2 aromatic rings. The number of H-pyrrole nitrogens is 1. The van der Waals surface area contributed by atoms with Crippen LogP contribution in [0.3, 0.4) is 0 Å². The van der Waals surface area contributed by atoms with Gasteiger partial charge in [-0.15, -0.1) is 0 Å². The zero-order valence-corrected chi connectivity index (χ0v) is 10.1. The van der Waals surface area contributed by atoms with Gasteiger partial charge < -0.3 is 15.5 Å². The Bertz CT molecular complexity index is 593. The van der Waals surface area contributed by atoms with Crippen LogP contribution in [0.5, 0.6) is 5.75 Å². The van der Waals surface area contributed by atoms with Gasteiger partial charge in [0.25, 0.3) is 0 Å². The van der Waals surface area contributed by atoms with Crippen LogP contribution in [0.15, 0.2) is 35.1 Å². The summed E-state index contributed by atoms with van der Waals surface area (Å²) in [5.74, 6) is 0.720. The molecule has 5 nitrogen and oxygen atoms in total. The van der Waals surface area contributed by atoms with E-state index in [0.29, 0.717) is 18.8 Å². The number of nitrogens with one attached hydrogen (secondary N) is 1. The standard InChI is InChI=1S/C13H15N3O2/c1-9-7-12(16-13(17)15-9)10-3-2-4-11(8-10)18-6-5-14/h2-4,7-8H,5-6,14H2,1H3,(H,15,16,17). The van der Waals surface area contributed by atoms with Gasteiger partial charge in [-0.2, -0.15) is 4.98 Å². The predicted molar refractivity (Wildman–Crippen MR) is 69.6 cm³/mol. The first kappa shape index (κ1) is 12.3. The minimum absolute atomic E-state index is 0.349. The Morgan fingerprint density at radius 2 is 2.22 bits per heavy atom. The number of aromatic amines is 1. The molecule has 1 heterocycles. The highest BCUT2D eigenvalue weighted by molar-refractivity contribution is 5.61. The maximum absolute atomic E-state index is 11.3. The molecule has 2 rings (SSSR count). The highest BCUT2D eigenvalue weighted by Crippen LogP contribution is 2.21. The largest absolute Gasteiger partial charge is 0.492 e. The second-order valence-corrected chi connectivity index (χ2v) is 3.92. The Morgan fingerprint density at radius 3 is 2.94 bits per heavy atom. The number of aromatic nitrogens is 2. The molecule has 18 heavy (non-hydrogen) atoms. The quantitative estimate of drug-likeness (QED) is 0.844. The molecular formula is C13H15N3O2. The molecular weight excluding hydrogens is 230 g/mol. The topological polar surface area (TPSA) is 81.0 Å². The molecule has 0 fully saturated rings. The molecule has 0 aliphatic heterocycles. The van der Waals surface area contributed by atoms with Crippen molar-refractivity contribution >= 4 is 0 Å². The number of hydrogen-bond donors (Lipinski definition) is 2. The summed E-state index contributed by atoms with van der Waals surface area (Å²) in [7, 11) is 0. The Balaban J connectivity index is 2.35. The summed E-state index contributed by atoms with van der Waals surface area (Å²) in [4.78, 5) is 17.9. The van der Waals surface area contributed by atoms with Crippen LogP contribution in [0.25, 0.3) is 11.3 Å². The van der Waals surface area contributed by atoms with Crippen molar-refractivity contribution in [2.75, 3.05) is 13.2 Å². The van der Waals surface area contributed by atoms with Gasteiger partial charge in [0.15, 0.2) is 0 Å². The van der Waals surface area contributed by atoms with E-state index in [4.69, 9.17) is 10.5 Å². The summed E-state index contributed by atoms with van der Waals surface area (Å²) in [6.45, 7) is 2.75. The first-order valence-corrected chi connectivity index (χ1v) is 5.70. The van der Waals surface area contributed by atoms with Crippen molar-refractivity contribution in [3.8, 4) is 17.0 Å².